The van der Waals surface area contributed by atoms with E-state index >= 15 is 0 Å². The van der Waals surface area contributed by atoms with Gasteiger partial charge in [0, 0.05) is 18.5 Å². The van der Waals surface area contributed by atoms with Crippen LogP contribution in [0.1, 0.15) is 25.3 Å². The second-order valence-electron chi connectivity index (χ2n) is 4.97. The molecular formula is C15H20N2O3. The number of alkyl carbamates (subject to hydrolysis) is 1. The highest BCUT2D eigenvalue weighted by atomic mass is 16.5. The molecule has 5 nitrogen and oxygen atoms in total. The molecule has 0 spiro atoms. The van der Waals surface area contributed by atoms with Crippen molar-refractivity contribution >= 4 is 12.0 Å². The van der Waals surface area contributed by atoms with E-state index in [0.717, 1.165) is 5.56 Å². The molecule has 5 heteroatoms. The zero-order valence-electron chi connectivity index (χ0n) is 11.6. The molecule has 1 saturated carbocycles. The first kappa shape index (κ1) is 14.4. The van der Waals surface area contributed by atoms with Gasteiger partial charge >= 0.3 is 6.09 Å². The Labute approximate surface area is 118 Å². The predicted molar refractivity (Wildman–Crippen MR) is 75.0 cm³/mol. The molecule has 1 fully saturated rings. The summed E-state index contributed by atoms with van der Waals surface area (Å²) >= 11 is 0. The fraction of sp³-hybridized carbons (Fsp3) is 0.467. The van der Waals surface area contributed by atoms with Gasteiger partial charge in [-0.25, -0.2) is 4.79 Å². The van der Waals surface area contributed by atoms with E-state index in [9.17, 15) is 9.59 Å². The average Bonchev–Trinajstić information content (AvgIpc) is 2.41. The van der Waals surface area contributed by atoms with E-state index in [4.69, 9.17) is 4.74 Å². The number of amides is 2. The van der Waals surface area contributed by atoms with E-state index in [2.05, 4.69) is 10.6 Å². The van der Waals surface area contributed by atoms with Crippen LogP contribution in [-0.4, -0.2) is 24.6 Å². The van der Waals surface area contributed by atoms with Gasteiger partial charge in [0.1, 0.15) is 6.61 Å². The maximum absolute atomic E-state index is 11.6. The zero-order chi connectivity index (χ0) is 14.4. The Morgan fingerprint density at radius 2 is 1.95 bits per heavy atom. The van der Waals surface area contributed by atoms with E-state index in [1.165, 1.54) is 0 Å². The molecule has 108 valence electrons. The Balaban J connectivity index is 1.63. The second kappa shape index (κ2) is 6.93. The molecule has 0 saturated heterocycles. The van der Waals surface area contributed by atoms with Crippen molar-refractivity contribution in [3.05, 3.63) is 35.9 Å². The van der Waals surface area contributed by atoms with E-state index in [-0.39, 0.29) is 24.5 Å². The maximum atomic E-state index is 11.6. The Kier molecular flexibility index (Phi) is 4.98. The van der Waals surface area contributed by atoms with Crippen LogP contribution in [0.5, 0.6) is 0 Å². The first-order valence-electron chi connectivity index (χ1n) is 6.94. The minimum absolute atomic E-state index is 0.0226. The summed E-state index contributed by atoms with van der Waals surface area (Å²) in [6, 6.07) is 9.58. The Morgan fingerprint density at radius 3 is 2.60 bits per heavy atom. The molecule has 1 aliphatic carbocycles. The van der Waals surface area contributed by atoms with Crippen molar-refractivity contribution in [2.24, 2.45) is 5.92 Å². The Hall–Kier alpha value is -2.04. The third-order valence-corrected chi connectivity index (χ3v) is 3.39. The summed E-state index contributed by atoms with van der Waals surface area (Å²) < 4.78 is 5.13. The van der Waals surface area contributed by atoms with Crippen molar-refractivity contribution < 1.29 is 14.3 Å². The standard InChI is InChI=1S/C15H20N2O3/c1-2-16-14(18)12-8-13(9-12)17-15(19)20-10-11-6-4-3-5-7-11/h3-7,12-13H,2,8-10H2,1H3,(H,16,18)(H,17,19)/t12-,13-. The number of benzene rings is 1. The molecule has 2 amide bonds. The SMILES string of the molecule is CCNC(=O)[C@H]1C[C@H](NC(=O)OCc2ccccc2)C1. The van der Waals surface area contributed by atoms with Gasteiger partial charge in [0.2, 0.25) is 5.91 Å². The van der Waals surface area contributed by atoms with Gasteiger partial charge in [-0.1, -0.05) is 30.3 Å². The molecular weight excluding hydrogens is 256 g/mol. The van der Waals surface area contributed by atoms with Crippen LogP contribution in [0.25, 0.3) is 0 Å². The lowest BCUT2D eigenvalue weighted by molar-refractivity contribution is -0.128. The van der Waals surface area contributed by atoms with Gasteiger partial charge < -0.3 is 15.4 Å². The number of carbonyl (C=O) groups is 2. The van der Waals surface area contributed by atoms with Crippen LogP contribution in [-0.2, 0) is 16.1 Å². The van der Waals surface area contributed by atoms with Crippen molar-refractivity contribution in [1.82, 2.24) is 10.6 Å². The van der Waals surface area contributed by atoms with Crippen molar-refractivity contribution in [3.8, 4) is 0 Å². The quantitative estimate of drug-likeness (QED) is 0.862. The second-order valence-corrected chi connectivity index (χ2v) is 4.97. The lowest BCUT2D eigenvalue weighted by Gasteiger charge is -2.34. The highest BCUT2D eigenvalue weighted by molar-refractivity contribution is 5.80. The molecule has 1 aromatic rings. The van der Waals surface area contributed by atoms with Crippen LogP contribution in [0.2, 0.25) is 0 Å². The number of ether oxygens (including phenoxy) is 1. The van der Waals surface area contributed by atoms with Gasteiger partial charge in [0.05, 0.1) is 0 Å². The smallest absolute Gasteiger partial charge is 0.407 e. The minimum Gasteiger partial charge on any atom is -0.445 e. The normalized spacial score (nSPS) is 20.6. The maximum Gasteiger partial charge on any atom is 0.407 e. The molecule has 2 N–H and O–H groups in total. The van der Waals surface area contributed by atoms with Crippen LogP contribution >= 0.6 is 0 Å². The highest BCUT2D eigenvalue weighted by Crippen LogP contribution is 2.27. The van der Waals surface area contributed by atoms with Crippen molar-refractivity contribution in [1.29, 1.82) is 0 Å². The van der Waals surface area contributed by atoms with E-state index in [0.29, 0.717) is 19.4 Å². The summed E-state index contributed by atoms with van der Waals surface area (Å²) in [5, 5.41) is 5.56. The van der Waals surface area contributed by atoms with Gasteiger partial charge in [-0.05, 0) is 25.3 Å². The number of nitrogens with one attached hydrogen (secondary N) is 2. The van der Waals surface area contributed by atoms with Crippen LogP contribution in [0, 0.1) is 5.92 Å². The van der Waals surface area contributed by atoms with Gasteiger partial charge in [-0.15, -0.1) is 0 Å². The summed E-state index contributed by atoms with van der Waals surface area (Å²) in [5.41, 5.74) is 0.955. The molecule has 2 rings (SSSR count). The Morgan fingerprint density at radius 1 is 1.25 bits per heavy atom. The molecule has 1 aromatic carbocycles. The summed E-state index contributed by atoms with van der Waals surface area (Å²) in [7, 11) is 0. The van der Waals surface area contributed by atoms with E-state index < -0.39 is 6.09 Å². The first-order valence-corrected chi connectivity index (χ1v) is 6.94. The van der Waals surface area contributed by atoms with E-state index in [1.54, 1.807) is 0 Å². The Bertz CT molecular complexity index is 455. The topological polar surface area (TPSA) is 67.4 Å². The third-order valence-electron chi connectivity index (χ3n) is 3.39. The fourth-order valence-electron chi connectivity index (χ4n) is 2.20. The summed E-state index contributed by atoms with van der Waals surface area (Å²) in [5.74, 6) is 0.0950. The molecule has 0 heterocycles. The monoisotopic (exact) mass is 276 g/mol. The van der Waals surface area contributed by atoms with Crippen LogP contribution in [0.15, 0.2) is 30.3 Å². The fourth-order valence-corrected chi connectivity index (χ4v) is 2.20. The first-order chi connectivity index (χ1) is 9.69. The predicted octanol–water partition coefficient (Wildman–Crippen LogP) is 1.83. The molecule has 0 unspecified atom stereocenters. The van der Waals surface area contributed by atoms with E-state index in [1.807, 2.05) is 37.3 Å². The largest absolute Gasteiger partial charge is 0.445 e. The van der Waals surface area contributed by atoms with Gasteiger partial charge in [-0.2, -0.15) is 0 Å². The molecule has 20 heavy (non-hydrogen) atoms. The number of hydrogen-bond donors (Lipinski definition) is 2. The lowest BCUT2D eigenvalue weighted by Crippen LogP contribution is -2.49. The van der Waals surface area contributed by atoms with Crippen molar-refractivity contribution in [3.63, 3.8) is 0 Å². The van der Waals surface area contributed by atoms with Gasteiger partial charge in [-0.3, -0.25) is 4.79 Å². The summed E-state index contributed by atoms with van der Waals surface area (Å²) in [6.07, 6.45) is 0.951. The molecule has 0 radical (unpaired) electrons. The molecule has 0 aliphatic heterocycles. The van der Waals surface area contributed by atoms with Crippen LogP contribution in [0.4, 0.5) is 4.79 Å². The van der Waals surface area contributed by atoms with Crippen molar-refractivity contribution in [2.45, 2.75) is 32.4 Å². The third kappa shape index (κ3) is 3.98. The highest BCUT2D eigenvalue weighted by Gasteiger charge is 2.35. The zero-order valence-corrected chi connectivity index (χ0v) is 11.6. The molecule has 1 aliphatic rings. The summed E-state index contributed by atoms with van der Waals surface area (Å²) in [6.45, 7) is 2.80. The van der Waals surface area contributed by atoms with Crippen LogP contribution in [0.3, 0.4) is 0 Å². The number of hydrogen-bond acceptors (Lipinski definition) is 3. The number of rotatable bonds is 5. The number of carbonyl (C=O) groups excluding carboxylic acids is 2. The van der Waals surface area contributed by atoms with Crippen molar-refractivity contribution in [2.75, 3.05) is 6.54 Å². The molecule has 0 aromatic heterocycles. The van der Waals surface area contributed by atoms with Gasteiger partial charge in [0.15, 0.2) is 0 Å². The molecule has 0 atom stereocenters. The lowest BCUT2D eigenvalue weighted by atomic mass is 9.79. The van der Waals surface area contributed by atoms with Gasteiger partial charge in [0.25, 0.3) is 0 Å². The average molecular weight is 276 g/mol. The molecule has 0 bridgehead atoms. The minimum atomic E-state index is -0.423. The summed E-state index contributed by atoms with van der Waals surface area (Å²) in [4.78, 5) is 23.1. The van der Waals surface area contributed by atoms with Crippen LogP contribution < -0.4 is 10.6 Å².